The van der Waals surface area contributed by atoms with Gasteiger partial charge in [0, 0.05) is 12.4 Å². The number of hydrogen-bond acceptors (Lipinski definition) is 8. The van der Waals surface area contributed by atoms with Crippen molar-refractivity contribution < 1.29 is 28.4 Å². The molecule has 3 fully saturated rings. The van der Waals surface area contributed by atoms with Gasteiger partial charge in [0.05, 0.1) is 11.1 Å². The maximum atomic E-state index is 6.06. The summed E-state index contributed by atoms with van der Waals surface area (Å²) in [6.07, 6.45) is 1.12. The minimum absolute atomic E-state index is 0.244. The van der Waals surface area contributed by atoms with Gasteiger partial charge in [-0.15, -0.1) is 0 Å². The highest BCUT2D eigenvalue weighted by atomic mass is 79.9. The number of fused-ring (bicyclic) bond motifs is 1. The number of nitrogens with zero attached hydrogens (tertiary/aromatic N) is 2. The predicted octanol–water partition coefficient (Wildman–Crippen LogP) is 2.01. The number of halogens is 1. The van der Waals surface area contributed by atoms with Gasteiger partial charge < -0.3 is 28.4 Å². The van der Waals surface area contributed by atoms with Gasteiger partial charge in [-0.05, 0) is 43.6 Å². The van der Waals surface area contributed by atoms with Crippen molar-refractivity contribution in [1.82, 2.24) is 9.97 Å². The normalized spacial score (nSPS) is 38.7. The van der Waals surface area contributed by atoms with Crippen molar-refractivity contribution in [3.05, 3.63) is 16.9 Å². The third-order valence-electron chi connectivity index (χ3n) is 4.26. The molecule has 1 unspecified atom stereocenters. The maximum Gasteiger partial charge on any atom is 0.316 e. The van der Waals surface area contributed by atoms with E-state index >= 15 is 0 Å². The van der Waals surface area contributed by atoms with Gasteiger partial charge >= 0.3 is 6.01 Å². The van der Waals surface area contributed by atoms with Crippen LogP contribution >= 0.6 is 15.9 Å². The van der Waals surface area contributed by atoms with Crippen molar-refractivity contribution in [2.24, 2.45) is 0 Å². The van der Waals surface area contributed by atoms with Gasteiger partial charge in [-0.25, -0.2) is 9.97 Å². The fourth-order valence-corrected chi connectivity index (χ4v) is 3.50. The second-order valence-electron chi connectivity index (χ2n) is 7.20. The van der Waals surface area contributed by atoms with Crippen molar-refractivity contribution in [3.8, 4) is 6.01 Å². The van der Waals surface area contributed by atoms with E-state index in [0.29, 0.717) is 6.61 Å². The van der Waals surface area contributed by atoms with Crippen molar-refractivity contribution in [1.29, 1.82) is 0 Å². The second kappa shape index (κ2) is 6.11. The quantitative estimate of drug-likeness (QED) is 0.739. The SMILES string of the molecule is CC1(C)OCC([C@H]2O[C@@H]3OC(C)(C)O[C@@H]3[C@H]2Oc2ncc(Br)cn2)O1. The van der Waals surface area contributed by atoms with Crippen LogP contribution in [0.5, 0.6) is 6.01 Å². The Hall–Kier alpha value is -0.840. The molecule has 5 atom stereocenters. The molecule has 4 rings (SSSR count). The molecular weight excluding hydrogens is 396 g/mol. The Kier molecular flexibility index (Phi) is 4.29. The first kappa shape index (κ1) is 17.6. The lowest BCUT2D eigenvalue weighted by atomic mass is 10.1. The zero-order chi connectivity index (χ0) is 17.8. The van der Waals surface area contributed by atoms with E-state index in [0.717, 1.165) is 4.47 Å². The molecule has 4 heterocycles. The molecule has 1 aromatic heterocycles. The Labute approximate surface area is 154 Å². The average molecular weight is 417 g/mol. The van der Waals surface area contributed by atoms with Crippen LogP contribution in [0, 0.1) is 0 Å². The Morgan fingerprint density at radius 3 is 2.40 bits per heavy atom. The first-order chi connectivity index (χ1) is 11.7. The molecule has 8 nitrogen and oxygen atoms in total. The zero-order valence-corrected chi connectivity index (χ0v) is 16.1. The Bertz CT molecular complexity index is 640. The molecule has 0 radical (unpaired) electrons. The number of ether oxygens (including phenoxy) is 6. The second-order valence-corrected chi connectivity index (χ2v) is 8.12. The fourth-order valence-electron chi connectivity index (χ4n) is 3.30. The van der Waals surface area contributed by atoms with Crippen molar-refractivity contribution in [2.45, 2.75) is 70.0 Å². The average Bonchev–Trinajstić information content (AvgIpc) is 3.12. The third kappa shape index (κ3) is 3.54. The summed E-state index contributed by atoms with van der Waals surface area (Å²) < 4.78 is 36.3. The largest absolute Gasteiger partial charge is 0.454 e. The van der Waals surface area contributed by atoms with Crippen LogP contribution in [0.4, 0.5) is 0 Å². The van der Waals surface area contributed by atoms with Crippen LogP contribution in [0.1, 0.15) is 27.7 Å². The monoisotopic (exact) mass is 416 g/mol. The van der Waals surface area contributed by atoms with Gasteiger partial charge in [0.1, 0.15) is 12.2 Å². The zero-order valence-electron chi connectivity index (χ0n) is 14.5. The van der Waals surface area contributed by atoms with E-state index in [1.165, 1.54) is 0 Å². The van der Waals surface area contributed by atoms with Gasteiger partial charge in [0.2, 0.25) is 0 Å². The van der Waals surface area contributed by atoms with Gasteiger partial charge in [-0.2, -0.15) is 0 Å². The summed E-state index contributed by atoms with van der Waals surface area (Å²) in [5.74, 6) is -1.40. The molecule has 25 heavy (non-hydrogen) atoms. The van der Waals surface area contributed by atoms with Crippen LogP contribution in [-0.2, 0) is 23.7 Å². The minimum atomic E-state index is -0.741. The fraction of sp³-hybridized carbons (Fsp3) is 0.750. The van der Waals surface area contributed by atoms with E-state index in [2.05, 4.69) is 25.9 Å². The number of hydrogen-bond donors (Lipinski definition) is 0. The lowest BCUT2D eigenvalue weighted by Gasteiger charge is -2.28. The molecule has 138 valence electrons. The van der Waals surface area contributed by atoms with E-state index in [4.69, 9.17) is 28.4 Å². The van der Waals surface area contributed by atoms with E-state index in [9.17, 15) is 0 Å². The van der Waals surface area contributed by atoms with Crippen LogP contribution in [0.3, 0.4) is 0 Å². The highest BCUT2D eigenvalue weighted by Crippen LogP contribution is 2.41. The Morgan fingerprint density at radius 2 is 1.76 bits per heavy atom. The molecule has 0 spiro atoms. The van der Waals surface area contributed by atoms with Crippen molar-refractivity contribution in [3.63, 3.8) is 0 Å². The first-order valence-electron chi connectivity index (χ1n) is 8.20. The molecule has 1 aromatic rings. The molecule has 3 aliphatic heterocycles. The van der Waals surface area contributed by atoms with Gasteiger partial charge in [0.25, 0.3) is 0 Å². The predicted molar refractivity (Wildman–Crippen MR) is 87.8 cm³/mol. The summed E-state index contributed by atoms with van der Waals surface area (Å²) in [5.41, 5.74) is 0. The van der Waals surface area contributed by atoms with Crippen LogP contribution in [-0.4, -0.2) is 58.9 Å². The molecule has 0 bridgehead atoms. The highest BCUT2D eigenvalue weighted by molar-refractivity contribution is 9.10. The summed E-state index contributed by atoms with van der Waals surface area (Å²) in [5, 5.41) is 0. The van der Waals surface area contributed by atoms with E-state index in [1.807, 2.05) is 27.7 Å². The standard InChI is InChI=1S/C16H21BrN2O6/c1-15(2)20-7-9(23-15)10-11(22-14-18-5-8(17)6-19-14)12-13(21-10)25-16(3,4)24-12/h5-6,9-13H,7H2,1-4H3/t9?,10-,11+,12-,13-/m1/s1. The lowest BCUT2D eigenvalue weighted by Crippen LogP contribution is -2.46. The minimum Gasteiger partial charge on any atom is -0.454 e. The smallest absolute Gasteiger partial charge is 0.316 e. The summed E-state index contributed by atoms with van der Waals surface area (Å²) in [7, 11) is 0. The molecule has 0 N–H and O–H groups in total. The Morgan fingerprint density at radius 1 is 1.04 bits per heavy atom. The molecule has 3 aliphatic rings. The van der Waals surface area contributed by atoms with E-state index < -0.39 is 36.2 Å². The summed E-state index contributed by atoms with van der Waals surface area (Å²) in [6, 6.07) is 0.244. The molecule has 0 aromatic carbocycles. The maximum absolute atomic E-state index is 6.06. The van der Waals surface area contributed by atoms with Gasteiger partial charge in [-0.3, -0.25) is 0 Å². The highest BCUT2D eigenvalue weighted by Gasteiger charge is 2.59. The van der Waals surface area contributed by atoms with Crippen LogP contribution in [0.2, 0.25) is 0 Å². The van der Waals surface area contributed by atoms with Gasteiger partial charge in [0.15, 0.2) is 30.1 Å². The number of rotatable bonds is 3. The van der Waals surface area contributed by atoms with Crippen LogP contribution in [0.15, 0.2) is 16.9 Å². The molecule has 9 heteroatoms. The molecule has 0 aliphatic carbocycles. The summed E-state index contributed by atoms with van der Waals surface area (Å²) >= 11 is 3.31. The summed E-state index contributed by atoms with van der Waals surface area (Å²) in [4.78, 5) is 8.36. The lowest BCUT2D eigenvalue weighted by molar-refractivity contribution is -0.230. The van der Waals surface area contributed by atoms with E-state index in [-0.39, 0.29) is 12.1 Å². The molecular formula is C16H21BrN2O6. The van der Waals surface area contributed by atoms with Crippen LogP contribution in [0.25, 0.3) is 0 Å². The number of aromatic nitrogens is 2. The topological polar surface area (TPSA) is 81.2 Å². The third-order valence-corrected chi connectivity index (χ3v) is 4.67. The Balaban J connectivity index is 1.56. The van der Waals surface area contributed by atoms with Crippen LogP contribution < -0.4 is 4.74 Å². The van der Waals surface area contributed by atoms with Crippen molar-refractivity contribution >= 4 is 15.9 Å². The molecule has 3 saturated heterocycles. The molecule has 0 amide bonds. The first-order valence-corrected chi connectivity index (χ1v) is 8.99. The van der Waals surface area contributed by atoms with Crippen molar-refractivity contribution in [2.75, 3.05) is 6.61 Å². The van der Waals surface area contributed by atoms with Gasteiger partial charge in [-0.1, -0.05) is 0 Å². The summed E-state index contributed by atoms with van der Waals surface area (Å²) in [6.45, 7) is 7.82. The van der Waals surface area contributed by atoms with E-state index in [1.54, 1.807) is 12.4 Å². The molecule has 0 saturated carbocycles.